The number of alkyl halides is 2. The number of carbonyl (C=O) groups is 2. The van der Waals surface area contributed by atoms with Crippen LogP contribution < -0.4 is 10.6 Å². The fourth-order valence-corrected chi connectivity index (χ4v) is 6.92. The number of halogens is 2. The zero-order valence-corrected chi connectivity index (χ0v) is 23.7. The standard InChI is InChI=1S/C25H33F2N7O3S2/c1-16-21-17(38-23(30-21)28-13-19(35)33-8-6-32(7-9-33)10-11-37-2)12-18-22(16)31-24(39-18)29-14-20(36)34-5-3-4-25(26,27)15-34/h12H,3-11,13-15H2,1-2H3,(H,28,30)(H,29,31). The van der Waals surface area contributed by atoms with Crippen LogP contribution in [-0.2, 0) is 14.3 Å². The summed E-state index contributed by atoms with van der Waals surface area (Å²) < 4.78 is 34.4. The first-order valence-corrected chi connectivity index (χ1v) is 14.7. The van der Waals surface area contributed by atoms with E-state index in [0.29, 0.717) is 42.9 Å². The molecule has 1 aromatic carbocycles. The number of methoxy groups -OCH3 is 1. The minimum absolute atomic E-state index is 0.0542. The number of likely N-dealkylation sites (tertiary alicyclic amines) is 1. The Labute approximate surface area is 233 Å². The number of aryl methyl sites for hydroxylation is 1. The number of carbonyl (C=O) groups excluding carboxylic acids is 2. The molecule has 2 amide bonds. The van der Waals surface area contributed by atoms with Gasteiger partial charge in [-0.2, -0.15) is 0 Å². The van der Waals surface area contributed by atoms with Crippen LogP contribution in [0.2, 0.25) is 0 Å². The van der Waals surface area contributed by atoms with Crippen LogP contribution in [0.3, 0.4) is 0 Å². The molecule has 2 aliphatic rings. The van der Waals surface area contributed by atoms with Gasteiger partial charge in [-0.1, -0.05) is 22.7 Å². The normalized spacial score (nSPS) is 18.2. The maximum Gasteiger partial charge on any atom is 0.265 e. The number of fused-ring (bicyclic) bond motifs is 2. The molecule has 0 aliphatic carbocycles. The molecule has 2 aliphatic heterocycles. The van der Waals surface area contributed by atoms with Crippen LogP contribution in [0.15, 0.2) is 6.07 Å². The van der Waals surface area contributed by atoms with E-state index in [0.717, 1.165) is 45.6 Å². The maximum atomic E-state index is 13.7. The molecule has 14 heteroatoms. The van der Waals surface area contributed by atoms with Crippen LogP contribution in [0.5, 0.6) is 0 Å². The highest BCUT2D eigenvalue weighted by atomic mass is 32.1. The lowest BCUT2D eigenvalue weighted by Crippen LogP contribution is -2.50. The molecule has 5 rings (SSSR count). The van der Waals surface area contributed by atoms with Crippen LogP contribution in [0.1, 0.15) is 18.4 Å². The molecule has 0 bridgehead atoms. The third kappa shape index (κ3) is 6.56. The Kier molecular flexibility index (Phi) is 8.45. The summed E-state index contributed by atoms with van der Waals surface area (Å²) in [5.41, 5.74) is 2.51. The van der Waals surface area contributed by atoms with Crippen LogP contribution in [-0.4, -0.2) is 115 Å². The van der Waals surface area contributed by atoms with E-state index in [4.69, 9.17) is 9.72 Å². The molecule has 212 valence electrons. The first-order chi connectivity index (χ1) is 18.7. The fourth-order valence-electron chi connectivity index (χ4n) is 4.93. The van der Waals surface area contributed by atoms with Crippen molar-refractivity contribution in [3.63, 3.8) is 0 Å². The second-order valence-corrected chi connectivity index (χ2v) is 12.0. The van der Waals surface area contributed by atoms with Gasteiger partial charge in [0.1, 0.15) is 0 Å². The Hall–Kier alpha value is -2.68. The third-order valence-corrected chi connectivity index (χ3v) is 9.06. The van der Waals surface area contributed by atoms with Crippen molar-refractivity contribution in [3.05, 3.63) is 11.6 Å². The summed E-state index contributed by atoms with van der Waals surface area (Å²) in [4.78, 5) is 39.9. The molecule has 4 heterocycles. The van der Waals surface area contributed by atoms with Crippen molar-refractivity contribution in [3.8, 4) is 0 Å². The Morgan fingerprint density at radius 2 is 1.56 bits per heavy atom. The second kappa shape index (κ2) is 11.8. The molecule has 3 aromatic rings. The molecule has 0 unspecified atom stereocenters. The number of hydrogen-bond donors (Lipinski definition) is 2. The van der Waals surface area contributed by atoms with Gasteiger partial charge in [0.15, 0.2) is 10.3 Å². The average Bonchev–Trinajstić information content (AvgIpc) is 3.53. The highest BCUT2D eigenvalue weighted by Gasteiger charge is 2.36. The van der Waals surface area contributed by atoms with Crippen molar-refractivity contribution in [2.75, 3.05) is 83.3 Å². The molecule has 0 radical (unpaired) electrons. The SMILES string of the molecule is COCCN1CCN(C(=O)CNc2nc3c(C)c4nc(NCC(=O)N5CCCC(F)(F)C5)sc4cc3s2)CC1. The Balaban J connectivity index is 1.17. The predicted molar refractivity (Wildman–Crippen MR) is 150 cm³/mol. The van der Waals surface area contributed by atoms with Gasteiger partial charge in [0.05, 0.1) is 46.7 Å². The number of hydrogen-bond acceptors (Lipinski definition) is 10. The number of aromatic nitrogens is 2. The van der Waals surface area contributed by atoms with E-state index >= 15 is 0 Å². The quantitative estimate of drug-likeness (QED) is 0.398. The van der Waals surface area contributed by atoms with Gasteiger partial charge in [0.2, 0.25) is 11.8 Å². The maximum absolute atomic E-state index is 13.7. The average molecular weight is 582 g/mol. The van der Waals surface area contributed by atoms with Gasteiger partial charge in [0.25, 0.3) is 5.92 Å². The van der Waals surface area contributed by atoms with E-state index in [9.17, 15) is 18.4 Å². The number of benzene rings is 1. The summed E-state index contributed by atoms with van der Waals surface area (Å²) in [6, 6.07) is 2.01. The molecule has 2 aromatic heterocycles. The summed E-state index contributed by atoms with van der Waals surface area (Å²) in [6.07, 6.45) is 0.132. The number of piperazine rings is 1. The highest BCUT2D eigenvalue weighted by Crippen LogP contribution is 2.37. The Morgan fingerprint density at radius 1 is 0.974 bits per heavy atom. The molecule has 0 saturated carbocycles. The van der Waals surface area contributed by atoms with E-state index in [2.05, 4.69) is 20.5 Å². The van der Waals surface area contributed by atoms with Gasteiger partial charge < -0.3 is 25.2 Å². The summed E-state index contributed by atoms with van der Waals surface area (Å²) in [5, 5.41) is 7.45. The number of anilines is 2. The number of nitrogens with zero attached hydrogens (tertiary/aromatic N) is 5. The summed E-state index contributed by atoms with van der Waals surface area (Å²) in [7, 11) is 1.69. The number of nitrogens with one attached hydrogen (secondary N) is 2. The first-order valence-electron chi connectivity index (χ1n) is 13.1. The minimum Gasteiger partial charge on any atom is -0.383 e. The minimum atomic E-state index is -2.82. The van der Waals surface area contributed by atoms with E-state index < -0.39 is 12.5 Å². The lowest BCUT2D eigenvalue weighted by molar-refractivity contribution is -0.139. The van der Waals surface area contributed by atoms with Crippen LogP contribution in [0.25, 0.3) is 20.4 Å². The molecule has 0 atom stereocenters. The van der Waals surface area contributed by atoms with Crippen molar-refractivity contribution in [1.29, 1.82) is 0 Å². The van der Waals surface area contributed by atoms with Gasteiger partial charge in [0, 0.05) is 58.4 Å². The smallest absolute Gasteiger partial charge is 0.265 e. The monoisotopic (exact) mass is 581 g/mol. The number of amides is 2. The first kappa shape index (κ1) is 27.9. The van der Waals surface area contributed by atoms with E-state index in [1.165, 1.54) is 27.6 Å². The van der Waals surface area contributed by atoms with Crippen molar-refractivity contribution < 1.29 is 23.1 Å². The summed E-state index contributed by atoms with van der Waals surface area (Å²) in [6.45, 7) is 6.56. The molecule has 0 spiro atoms. The molecular formula is C25H33F2N7O3S2. The predicted octanol–water partition coefficient (Wildman–Crippen LogP) is 3.09. The molecule has 2 N–H and O–H groups in total. The van der Waals surface area contributed by atoms with Gasteiger partial charge in [-0.3, -0.25) is 14.5 Å². The highest BCUT2D eigenvalue weighted by molar-refractivity contribution is 7.24. The van der Waals surface area contributed by atoms with E-state index in [-0.39, 0.29) is 31.3 Å². The molecule has 2 saturated heterocycles. The second-order valence-electron chi connectivity index (χ2n) is 9.93. The van der Waals surface area contributed by atoms with Gasteiger partial charge in [-0.15, -0.1) is 0 Å². The molecular weight excluding hydrogens is 548 g/mol. The zero-order chi connectivity index (χ0) is 27.6. The summed E-state index contributed by atoms with van der Waals surface area (Å²) in [5.74, 6) is -3.12. The van der Waals surface area contributed by atoms with Gasteiger partial charge >= 0.3 is 0 Å². The van der Waals surface area contributed by atoms with E-state index in [1.54, 1.807) is 7.11 Å². The Bertz CT molecular complexity index is 1340. The third-order valence-electron chi connectivity index (χ3n) is 7.14. The van der Waals surface area contributed by atoms with E-state index in [1.807, 2.05) is 17.9 Å². The summed E-state index contributed by atoms with van der Waals surface area (Å²) >= 11 is 2.89. The molecule has 39 heavy (non-hydrogen) atoms. The van der Waals surface area contributed by atoms with Crippen molar-refractivity contribution >= 4 is 65.2 Å². The van der Waals surface area contributed by atoms with Crippen molar-refractivity contribution in [1.82, 2.24) is 24.7 Å². The van der Waals surface area contributed by atoms with Crippen molar-refractivity contribution in [2.24, 2.45) is 0 Å². The topological polar surface area (TPSA) is 103 Å². The largest absolute Gasteiger partial charge is 0.383 e. The lowest BCUT2D eigenvalue weighted by atomic mass is 10.1. The zero-order valence-electron chi connectivity index (χ0n) is 22.1. The fraction of sp³-hybridized carbons (Fsp3) is 0.600. The number of ether oxygens (including phenoxy) is 1. The number of piperidine rings is 1. The van der Waals surface area contributed by atoms with Crippen LogP contribution in [0, 0.1) is 6.92 Å². The Morgan fingerprint density at radius 3 is 2.13 bits per heavy atom. The van der Waals surface area contributed by atoms with Gasteiger partial charge in [-0.05, 0) is 19.4 Å². The number of thiazole rings is 2. The van der Waals surface area contributed by atoms with Crippen LogP contribution in [0.4, 0.5) is 19.0 Å². The molecule has 10 nitrogen and oxygen atoms in total. The lowest BCUT2D eigenvalue weighted by Gasteiger charge is -2.34. The van der Waals surface area contributed by atoms with Crippen molar-refractivity contribution in [2.45, 2.75) is 25.7 Å². The molecule has 2 fully saturated rings. The number of rotatable bonds is 9. The van der Waals surface area contributed by atoms with Gasteiger partial charge in [-0.25, -0.2) is 18.7 Å². The van der Waals surface area contributed by atoms with Crippen LogP contribution >= 0.6 is 22.7 Å².